The summed E-state index contributed by atoms with van der Waals surface area (Å²) in [6.45, 7) is 7.89. The van der Waals surface area contributed by atoms with Crippen LogP contribution in [0, 0.1) is 17.2 Å². The third-order valence-electron chi connectivity index (χ3n) is 4.89. The van der Waals surface area contributed by atoms with Gasteiger partial charge in [-0.25, -0.2) is 4.39 Å². The molecule has 0 radical (unpaired) electrons. The van der Waals surface area contributed by atoms with Gasteiger partial charge in [0, 0.05) is 12.6 Å². The minimum absolute atomic E-state index is 0.134. The van der Waals surface area contributed by atoms with Crippen molar-refractivity contribution >= 4 is 0 Å². The molecule has 0 bridgehead atoms. The molecule has 0 amide bonds. The van der Waals surface area contributed by atoms with Crippen LogP contribution in [0.1, 0.15) is 70.9 Å². The molecular formula is C19H30FN. The van der Waals surface area contributed by atoms with Gasteiger partial charge >= 0.3 is 0 Å². The van der Waals surface area contributed by atoms with Gasteiger partial charge in [0.05, 0.1) is 0 Å². The molecule has 1 aromatic carbocycles. The molecule has 1 fully saturated rings. The van der Waals surface area contributed by atoms with Crippen LogP contribution < -0.4 is 5.32 Å². The Kier molecular flexibility index (Phi) is 5.80. The zero-order valence-corrected chi connectivity index (χ0v) is 13.8. The lowest BCUT2D eigenvalue weighted by Crippen LogP contribution is -2.35. The van der Waals surface area contributed by atoms with Gasteiger partial charge in [-0.1, -0.05) is 45.7 Å². The highest BCUT2D eigenvalue weighted by Crippen LogP contribution is 2.43. The summed E-state index contributed by atoms with van der Waals surface area (Å²) in [5.41, 5.74) is 1.55. The first kappa shape index (κ1) is 16.5. The first-order chi connectivity index (χ1) is 10.0. The van der Waals surface area contributed by atoms with Crippen LogP contribution >= 0.6 is 0 Å². The molecule has 1 aliphatic carbocycles. The monoisotopic (exact) mass is 291 g/mol. The Balaban J connectivity index is 2.01. The average Bonchev–Trinajstić information content (AvgIpc) is 2.87. The highest BCUT2D eigenvalue weighted by molar-refractivity contribution is 5.20. The Bertz CT molecular complexity index is 435. The molecule has 0 aromatic heterocycles. The molecule has 1 unspecified atom stereocenters. The Hall–Kier alpha value is -0.890. The molecule has 1 saturated carbocycles. The van der Waals surface area contributed by atoms with Crippen LogP contribution in [-0.4, -0.2) is 6.54 Å². The summed E-state index contributed by atoms with van der Waals surface area (Å²) in [5, 5.41) is 3.73. The number of benzene rings is 1. The number of hydrogen-bond donors (Lipinski definition) is 1. The van der Waals surface area contributed by atoms with Gasteiger partial charge in [0.1, 0.15) is 5.82 Å². The van der Waals surface area contributed by atoms with Crippen molar-refractivity contribution in [1.29, 1.82) is 0 Å². The molecular weight excluding hydrogens is 261 g/mol. The van der Waals surface area contributed by atoms with Crippen molar-refractivity contribution in [2.24, 2.45) is 11.3 Å². The zero-order chi connectivity index (χ0) is 15.3. The van der Waals surface area contributed by atoms with E-state index >= 15 is 0 Å². The summed E-state index contributed by atoms with van der Waals surface area (Å²) in [7, 11) is 0. The Morgan fingerprint density at radius 3 is 2.52 bits per heavy atom. The molecule has 1 aromatic rings. The van der Waals surface area contributed by atoms with E-state index in [1.54, 1.807) is 6.07 Å². The van der Waals surface area contributed by atoms with E-state index in [0.29, 0.717) is 5.41 Å². The van der Waals surface area contributed by atoms with E-state index < -0.39 is 0 Å². The third kappa shape index (κ3) is 4.54. The average molecular weight is 291 g/mol. The lowest BCUT2D eigenvalue weighted by molar-refractivity contribution is 0.214. The first-order valence-corrected chi connectivity index (χ1v) is 8.53. The molecule has 2 heteroatoms. The van der Waals surface area contributed by atoms with Crippen molar-refractivity contribution in [3.8, 4) is 0 Å². The second-order valence-electron chi connectivity index (χ2n) is 7.20. The first-order valence-electron chi connectivity index (χ1n) is 8.53. The largest absolute Gasteiger partial charge is 0.309 e. The lowest BCUT2D eigenvalue weighted by Gasteiger charge is -2.33. The summed E-state index contributed by atoms with van der Waals surface area (Å²) in [6, 6.07) is 7.31. The van der Waals surface area contributed by atoms with E-state index in [2.05, 4.69) is 26.1 Å². The minimum Gasteiger partial charge on any atom is -0.309 e. The van der Waals surface area contributed by atoms with Crippen LogP contribution in [-0.2, 0) is 0 Å². The molecule has 1 N–H and O–H groups in total. The molecule has 0 saturated heterocycles. The summed E-state index contributed by atoms with van der Waals surface area (Å²) < 4.78 is 13.4. The van der Waals surface area contributed by atoms with Crippen LogP contribution in [0.5, 0.6) is 0 Å². The molecule has 118 valence electrons. The fourth-order valence-electron chi connectivity index (χ4n) is 4.01. The van der Waals surface area contributed by atoms with E-state index in [0.717, 1.165) is 24.4 Å². The van der Waals surface area contributed by atoms with Gasteiger partial charge in [0.2, 0.25) is 0 Å². The molecule has 1 atom stereocenters. The summed E-state index contributed by atoms with van der Waals surface area (Å²) in [6.07, 6.45) is 7.73. The second kappa shape index (κ2) is 7.40. The van der Waals surface area contributed by atoms with Crippen molar-refractivity contribution in [3.63, 3.8) is 0 Å². The van der Waals surface area contributed by atoms with Gasteiger partial charge in [0.15, 0.2) is 0 Å². The molecule has 1 nitrogen and oxygen atoms in total. The van der Waals surface area contributed by atoms with Crippen LogP contribution in [0.25, 0.3) is 0 Å². The number of nitrogens with one attached hydrogen (secondary N) is 1. The van der Waals surface area contributed by atoms with Crippen molar-refractivity contribution in [3.05, 3.63) is 35.6 Å². The van der Waals surface area contributed by atoms with Gasteiger partial charge in [0.25, 0.3) is 0 Å². The van der Waals surface area contributed by atoms with Crippen LogP contribution in [0.3, 0.4) is 0 Å². The van der Waals surface area contributed by atoms with Gasteiger partial charge in [-0.2, -0.15) is 0 Å². The summed E-state index contributed by atoms with van der Waals surface area (Å²) in [4.78, 5) is 0. The molecule has 1 aliphatic rings. The fraction of sp³-hybridized carbons (Fsp3) is 0.684. The maximum Gasteiger partial charge on any atom is 0.123 e. The smallest absolute Gasteiger partial charge is 0.123 e. The van der Waals surface area contributed by atoms with Crippen LogP contribution in [0.15, 0.2) is 24.3 Å². The van der Waals surface area contributed by atoms with E-state index in [1.165, 1.54) is 38.2 Å². The third-order valence-corrected chi connectivity index (χ3v) is 4.89. The molecule has 21 heavy (non-hydrogen) atoms. The fourth-order valence-corrected chi connectivity index (χ4v) is 4.01. The second-order valence-corrected chi connectivity index (χ2v) is 7.20. The van der Waals surface area contributed by atoms with Crippen molar-refractivity contribution in [2.75, 3.05) is 6.54 Å². The van der Waals surface area contributed by atoms with Crippen LogP contribution in [0.2, 0.25) is 0 Å². The maximum absolute atomic E-state index is 13.4. The van der Waals surface area contributed by atoms with Gasteiger partial charge in [-0.15, -0.1) is 0 Å². The molecule has 0 aliphatic heterocycles. The van der Waals surface area contributed by atoms with E-state index in [1.807, 2.05) is 12.1 Å². The van der Waals surface area contributed by atoms with E-state index in [-0.39, 0.29) is 11.9 Å². The summed E-state index contributed by atoms with van der Waals surface area (Å²) >= 11 is 0. The SMILES string of the molecule is CCC(NCC1(CC(C)C)CCCC1)c1cccc(F)c1. The minimum atomic E-state index is -0.134. The predicted molar refractivity (Wildman–Crippen MR) is 87.8 cm³/mol. The van der Waals surface area contributed by atoms with Gasteiger partial charge in [-0.3, -0.25) is 0 Å². The normalized spacial score (nSPS) is 19.1. The Morgan fingerprint density at radius 1 is 1.24 bits per heavy atom. The van der Waals surface area contributed by atoms with Crippen molar-refractivity contribution < 1.29 is 4.39 Å². The molecule has 0 heterocycles. The van der Waals surface area contributed by atoms with Crippen molar-refractivity contribution in [1.82, 2.24) is 5.32 Å². The van der Waals surface area contributed by atoms with E-state index in [4.69, 9.17) is 0 Å². The number of hydrogen-bond acceptors (Lipinski definition) is 1. The van der Waals surface area contributed by atoms with Crippen molar-refractivity contribution in [2.45, 2.75) is 65.3 Å². The standard InChI is InChI=1S/C19H30FN/c1-4-18(16-8-7-9-17(20)12-16)21-14-19(13-15(2)3)10-5-6-11-19/h7-9,12,15,18,21H,4-6,10-11,13-14H2,1-3H3. The lowest BCUT2D eigenvalue weighted by atomic mass is 9.78. The van der Waals surface area contributed by atoms with Gasteiger partial charge < -0.3 is 5.32 Å². The predicted octanol–water partition coefficient (Wildman–Crippen LogP) is 5.47. The molecule has 2 rings (SSSR count). The summed E-state index contributed by atoms with van der Waals surface area (Å²) in [5.74, 6) is 0.615. The Labute approximate surface area is 129 Å². The van der Waals surface area contributed by atoms with Crippen LogP contribution in [0.4, 0.5) is 4.39 Å². The highest BCUT2D eigenvalue weighted by Gasteiger charge is 2.34. The highest BCUT2D eigenvalue weighted by atomic mass is 19.1. The number of rotatable bonds is 7. The maximum atomic E-state index is 13.4. The number of halogens is 1. The Morgan fingerprint density at radius 2 is 1.95 bits per heavy atom. The quantitative estimate of drug-likeness (QED) is 0.702. The van der Waals surface area contributed by atoms with E-state index in [9.17, 15) is 4.39 Å². The molecule has 0 spiro atoms. The topological polar surface area (TPSA) is 12.0 Å². The zero-order valence-electron chi connectivity index (χ0n) is 13.8. The van der Waals surface area contributed by atoms with Gasteiger partial charge in [-0.05, 0) is 54.7 Å².